The van der Waals surface area contributed by atoms with Crippen LogP contribution in [0.1, 0.15) is 56.9 Å². The second kappa shape index (κ2) is 10.7. The summed E-state index contributed by atoms with van der Waals surface area (Å²) < 4.78 is 5.07. The van der Waals surface area contributed by atoms with E-state index >= 15 is 0 Å². The van der Waals surface area contributed by atoms with Crippen LogP contribution in [0, 0.1) is 5.92 Å². The molecular weight excluding hydrogens is 360 g/mol. The third-order valence-electron chi connectivity index (χ3n) is 5.20. The lowest BCUT2D eigenvalue weighted by Gasteiger charge is -2.32. The minimum absolute atomic E-state index is 0.00237. The number of hydrogen-bond acceptors (Lipinski definition) is 6. The third-order valence-corrected chi connectivity index (χ3v) is 5.20. The predicted molar refractivity (Wildman–Crippen MR) is 103 cm³/mol. The molecule has 1 aromatic rings. The van der Waals surface area contributed by atoms with Gasteiger partial charge >= 0.3 is 5.97 Å². The molecule has 0 N–H and O–H groups in total. The second-order valence-electron chi connectivity index (χ2n) is 7.00. The molecule has 0 unspecified atom stereocenters. The molecule has 1 aliphatic rings. The van der Waals surface area contributed by atoms with Gasteiger partial charge in [-0.2, -0.15) is 0 Å². The lowest BCUT2D eigenvalue weighted by molar-refractivity contribution is -0.151. The number of ether oxygens (including phenoxy) is 1. The molecule has 1 atom stereocenters. The van der Waals surface area contributed by atoms with Crippen molar-refractivity contribution in [2.75, 3.05) is 26.2 Å². The molecule has 0 bridgehead atoms. The van der Waals surface area contributed by atoms with Gasteiger partial charge in [-0.15, -0.1) is 0 Å². The Hall–Kier alpha value is -2.51. The highest BCUT2D eigenvalue weighted by Crippen LogP contribution is 2.19. The van der Waals surface area contributed by atoms with Gasteiger partial charge in [-0.3, -0.25) is 19.4 Å². The third kappa shape index (κ3) is 5.74. The highest BCUT2D eigenvalue weighted by Gasteiger charge is 2.29. The maximum absolute atomic E-state index is 12.8. The van der Waals surface area contributed by atoms with E-state index in [-0.39, 0.29) is 41.9 Å². The monoisotopic (exact) mass is 390 g/mol. The fourth-order valence-electron chi connectivity index (χ4n) is 3.30. The number of hydrogen-bond donors (Lipinski definition) is 0. The van der Waals surface area contributed by atoms with E-state index < -0.39 is 0 Å². The topological polar surface area (TPSA) is 92.7 Å². The van der Waals surface area contributed by atoms with Crippen LogP contribution in [-0.4, -0.2) is 69.8 Å². The fraction of sp³-hybridized carbons (Fsp3) is 0.650. The molecule has 8 nitrogen and oxygen atoms in total. The zero-order valence-corrected chi connectivity index (χ0v) is 17.0. The Morgan fingerprint density at radius 3 is 2.54 bits per heavy atom. The second-order valence-corrected chi connectivity index (χ2v) is 7.00. The van der Waals surface area contributed by atoms with Gasteiger partial charge in [0.1, 0.15) is 5.69 Å². The molecule has 1 saturated heterocycles. The van der Waals surface area contributed by atoms with E-state index in [1.54, 1.807) is 16.7 Å². The molecule has 28 heavy (non-hydrogen) atoms. The molecule has 0 spiro atoms. The van der Waals surface area contributed by atoms with Gasteiger partial charge in [0.2, 0.25) is 5.91 Å². The van der Waals surface area contributed by atoms with Crippen molar-refractivity contribution in [1.29, 1.82) is 0 Å². The number of nitrogens with zero attached hydrogens (tertiary/aromatic N) is 4. The zero-order chi connectivity index (χ0) is 20.5. The van der Waals surface area contributed by atoms with E-state index in [4.69, 9.17) is 4.74 Å². The number of rotatable bonds is 8. The van der Waals surface area contributed by atoms with E-state index in [2.05, 4.69) is 9.97 Å². The first-order valence-electron chi connectivity index (χ1n) is 9.99. The first kappa shape index (κ1) is 21.8. The molecule has 0 radical (unpaired) electrons. The number of amides is 2. The number of piperidine rings is 1. The SMILES string of the molecule is CCOC(=O)C1CCN(C(=O)CCN(C(=O)c2cnccn2)[C@@H](C)CC)CC1. The van der Waals surface area contributed by atoms with E-state index in [0.717, 1.165) is 6.42 Å². The standard InChI is InChI=1S/C20H30N4O4/c1-4-15(3)24(19(26)17-14-21-9-10-22-17)13-8-18(25)23-11-6-16(7-12-23)20(27)28-5-2/h9-10,14-16H,4-8,11-13H2,1-3H3/t15-/m0/s1. The Balaban J connectivity index is 1.90. The molecule has 8 heteroatoms. The maximum atomic E-state index is 12.8. The van der Waals surface area contributed by atoms with Gasteiger partial charge in [-0.05, 0) is 33.1 Å². The summed E-state index contributed by atoms with van der Waals surface area (Å²) in [6.45, 7) is 7.56. The van der Waals surface area contributed by atoms with Crippen LogP contribution < -0.4 is 0 Å². The quantitative estimate of drug-likeness (QED) is 0.630. The van der Waals surface area contributed by atoms with Crippen molar-refractivity contribution in [1.82, 2.24) is 19.8 Å². The summed E-state index contributed by atoms with van der Waals surface area (Å²) in [5, 5.41) is 0. The highest BCUT2D eigenvalue weighted by atomic mass is 16.5. The first-order chi connectivity index (χ1) is 13.5. The van der Waals surface area contributed by atoms with Crippen LogP contribution in [0.15, 0.2) is 18.6 Å². The van der Waals surface area contributed by atoms with E-state index in [1.807, 2.05) is 13.8 Å². The molecule has 0 aromatic carbocycles. The molecular formula is C20H30N4O4. The maximum Gasteiger partial charge on any atom is 0.309 e. The van der Waals surface area contributed by atoms with Gasteiger partial charge < -0.3 is 14.5 Å². The van der Waals surface area contributed by atoms with Gasteiger partial charge in [0.05, 0.1) is 18.7 Å². The largest absolute Gasteiger partial charge is 0.466 e. The molecule has 2 rings (SSSR count). The molecule has 1 fully saturated rings. The summed E-state index contributed by atoms with van der Waals surface area (Å²) in [5.41, 5.74) is 0.283. The Morgan fingerprint density at radius 1 is 1.25 bits per heavy atom. The fourth-order valence-corrected chi connectivity index (χ4v) is 3.30. The summed E-state index contributed by atoms with van der Waals surface area (Å²) in [7, 11) is 0. The Bertz CT molecular complexity index is 659. The van der Waals surface area contributed by atoms with Crippen molar-refractivity contribution in [2.24, 2.45) is 5.92 Å². The molecule has 154 valence electrons. The van der Waals surface area contributed by atoms with Gasteiger partial charge in [0.15, 0.2) is 0 Å². The predicted octanol–water partition coefficient (Wildman–Crippen LogP) is 1.91. The lowest BCUT2D eigenvalue weighted by atomic mass is 9.97. The van der Waals surface area contributed by atoms with Crippen LogP contribution >= 0.6 is 0 Å². The summed E-state index contributed by atoms with van der Waals surface area (Å²) in [6, 6.07) is -0.00291. The van der Waals surface area contributed by atoms with Crippen molar-refractivity contribution >= 4 is 17.8 Å². The number of likely N-dealkylation sites (tertiary alicyclic amines) is 1. The van der Waals surface area contributed by atoms with E-state index in [1.165, 1.54) is 18.6 Å². The minimum Gasteiger partial charge on any atom is -0.466 e. The van der Waals surface area contributed by atoms with Gasteiger partial charge in [-0.1, -0.05) is 6.92 Å². The van der Waals surface area contributed by atoms with Gasteiger partial charge in [0.25, 0.3) is 5.91 Å². The van der Waals surface area contributed by atoms with Crippen molar-refractivity contribution in [2.45, 2.75) is 52.5 Å². The highest BCUT2D eigenvalue weighted by molar-refractivity contribution is 5.92. The average Bonchev–Trinajstić information content (AvgIpc) is 2.74. The van der Waals surface area contributed by atoms with Crippen LogP contribution in [0.2, 0.25) is 0 Å². The van der Waals surface area contributed by atoms with Crippen molar-refractivity contribution in [3.8, 4) is 0 Å². The molecule has 2 heterocycles. The molecule has 0 saturated carbocycles. The van der Waals surface area contributed by atoms with Crippen LogP contribution in [-0.2, 0) is 14.3 Å². The number of carbonyl (C=O) groups is 3. The smallest absolute Gasteiger partial charge is 0.309 e. The van der Waals surface area contributed by atoms with Crippen LogP contribution in [0.3, 0.4) is 0 Å². The first-order valence-corrected chi connectivity index (χ1v) is 9.99. The lowest BCUT2D eigenvalue weighted by Crippen LogP contribution is -2.44. The van der Waals surface area contributed by atoms with Gasteiger partial charge in [-0.25, -0.2) is 4.98 Å². The van der Waals surface area contributed by atoms with Crippen LogP contribution in [0.25, 0.3) is 0 Å². The van der Waals surface area contributed by atoms with Crippen LogP contribution in [0.5, 0.6) is 0 Å². The summed E-state index contributed by atoms with van der Waals surface area (Å²) >= 11 is 0. The Labute approximate surface area is 166 Å². The Morgan fingerprint density at radius 2 is 1.96 bits per heavy atom. The zero-order valence-electron chi connectivity index (χ0n) is 17.0. The van der Waals surface area contributed by atoms with E-state index in [9.17, 15) is 14.4 Å². The summed E-state index contributed by atoms with van der Waals surface area (Å²) in [4.78, 5) is 48.7. The van der Waals surface area contributed by atoms with Crippen LogP contribution in [0.4, 0.5) is 0 Å². The number of aromatic nitrogens is 2. The molecule has 2 amide bonds. The normalized spacial score (nSPS) is 15.8. The summed E-state index contributed by atoms with van der Waals surface area (Å²) in [6.07, 6.45) is 6.73. The number of carbonyl (C=O) groups excluding carboxylic acids is 3. The van der Waals surface area contributed by atoms with Crippen molar-refractivity contribution in [3.63, 3.8) is 0 Å². The van der Waals surface area contributed by atoms with Gasteiger partial charge in [0, 0.05) is 44.5 Å². The molecule has 1 aliphatic heterocycles. The number of esters is 1. The van der Waals surface area contributed by atoms with E-state index in [0.29, 0.717) is 39.1 Å². The van der Waals surface area contributed by atoms with Crippen molar-refractivity contribution in [3.05, 3.63) is 24.3 Å². The molecule has 0 aliphatic carbocycles. The molecule has 1 aromatic heterocycles. The minimum atomic E-state index is -0.212. The Kier molecular flexibility index (Phi) is 8.35. The summed E-state index contributed by atoms with van der Waals surface area (Å²) in [5.74, 6) is -0.509. The van der Waals surface area contributed by atoms with Crippen molar-refractivity contribution < 1.29 is 19.1 Å². The average molecular weight is 390 g/mol.